The van der Waals surface area contributed by atoms with E-state index in [1.165, 1.54) is 33.9 Å². The van der Waals surface area contributed by atoms with Crippen LogP contribution in [0.4, 0.5) is 0 Å². The molecule has 3 N–H and O–H groups in total. The number of hydrogen-bond donors (Lipinski definition) is 3. The van der Waals surface area contributed by atoms with Crippen LogP contribution in [0.15, 0.2) is 24.8 Å². The Bertz CT molecular complexity index is 821. The van der Waals surface area contributed by atoms with Crippen molar-refractivity contribution in [2.24, 2.45) is 0 Å². The molecule has 0 fully saturated rings. The van der Waals surface area contributed by atoms with Gasteiger partial charge in [0, 0.05) is 74.8 Å². The van der Waals surface area contributed by atoms with E-state index in [1.54, 1.807) is 6.33 Å². The largest absolute Gasteiger partial charge is 0.364 e. The SMILES string of the molecule is CC(C)N1Cc2cc[nH]c2C1.CC(C)N1Cc2cn[nH]c2C1.CC(C)N1Cc2nc[nH]c2C1. The number of nitrogens with one attached hydrogen (secondary N) is 3. The van der Waals surface area contributed by atoms with Crippen molar-refractivity contribution in [3.63, 3.8) is 0 Å². The Balaban J connectivity index is 0.000000118. The van der Waals surface area contributed by atoms with E-state index in [2.05, 4.69) is 87.5 Å². The third-order valence-corrected chi connectivity index (χ3v) is 6.92. The third-order valence-electron chi connectivity index (χ3n) is 6.92. The molecule has 3 aromatic heterocycles. The van der Waals surface area contributed by atoms with E-state index in [1.807, 2.05) is 12.4 Å². The summed E-state index contributed by atoms with van der Waals surface area (Å²) in [7, 11) is 0. The van der Waals surface area contributed by atoms with E-state index in [4.69, 9.17) is 0 Å². The maximum Gasteiger partial charge on any atom is 0.0926 e. The number of imidazole rings is 1. The lowest BCUT2D eigenvalue weighted by atomic mass is 10.3. The summed E-state index contributed by atoms with van der Waals surface area (Å²) in [6.45, 7) is 19.7. The van der Waals surface area contributed by atoms with Gasteiger partial charge in [0.1, 0.15) is 0 Å². The normalized spacial score (nSPS) is 17.7. The molecule has 3 aliphatic rings. The van der Waals surface area contributed by atoms with Gasteiger partial charge in [-0.2, -0.15) is 5.10 Å². The Kier molecular flexibility index (Phi) is 7.36. The first kappa shape index (κ1) is 23.7. The van der Waals surface area contributed by atoms with Gasteiger partial charge in [0.15, 0.2) is 0 Å². The molecule has 8 heteroatoms. The summed E-state index contributed by atoms with van der Waals surface area (Å²) in [6, 6.07) is 4.10. The quantitative estimate of drug-likeness (QED) is 0.559. The van der Waals surface area contributed by atoms with Gasteiger partial charge >= 0.3 is 0 Å². The van der Waals surface area contributed by atoms with Gasteiger partial charge in [-0.1, -0.05) is 0 Å². The molecular weight excluding hydrogens is 412 g/mol. The van der Waals surface area contributed by atoms with E-state index in [-0.39, 0.29) is 0 Å². The highest BCUT2D eigenvalue weighted by molar-refractivity contribution is 5.24. The van der Waals surface area contributed by atoms with Gasteiger partial charge in [0.05, 0.1) is 29.6 Å². The molecule has 6 heterocycles. The van der Waals surface area contributed by atoms with E-state index in [9.17, 15) is 0 Å². The summed E-state index contributed by atoms with van der Waals surface area (Å²) in [5.74, 6) is 0. The number of rotatable bonds is 3. The van der Waals surface area contributed by atoms with Crippen molar-refractivity contribution in [3.8, 4) is 0 Å². The van der Waals surface area contributed by atoms with Gasteiger partial charge in [-0.15, -0.1) is 0 Å². The molecule has 0 aromatic carbocycles. The number of fused-ring (bicyclic) bond motifs is 3. The smallest absolute Gasteiger partial charge is 0.0926 e. The fraction of sp³-hybridized carbons (Fsp3) is 0.600. The molecule has 0 amide bonds. The number of aromatic amines is 3. The lowest BCUT2D eigenvalue weighted by molar-refractivity contribution is 0.224. The number of hydrogen-bond acceptors (Lipinski definition) is 5. The number of aromatic nitrogens is 5. The minimum atomic E-state index is 0.623. The zero-order valence-corrected chi connectivity index (χ0v) is 21.0. The summed E-state index contributed by atoms with van der Waals surface area (Å²) in [6.07, 6.45) is 5.74. The molecule has 3 aromatic rings. The highest BCUT2D eigenvalue weighted by atomic mass is 15.2. The van der Waals surface area contributed by atoms with Crippen molar-refractivity contribution in [1.82, 2.24) is 39.8 Å². The molecule has 0 atom stereocenters. The maximum atomic E-state index is 4.23. The van der Waals surface area contributed by atoms with Crippen LogP contribution >= 0.6 is 0 Å². The molecule has 180 valence electrons. The molecule has 0 radical (unpaired) electrons. The molecule has 3 aliphatic heterocycles. The Morgan fingerprint density at radius 2 is 1.30 bits per heavy atom. The van der Waals surface area contributed by atoms with Crippen LogP contribution in [-0.2, 0) is 39.3 Å². The van der Waals surface area contributed by atoms with Crippen LogP contribution in [-0.4, -0.2) is 58.0 Å². The van der Waals surface area contributed by atoms with Gasteiger partial charge in [0.25, 0.3) is 0 Å². The second-order valence-corrected chi connectivity index (χ2v) is 10.2. The standard InChI is InChI=1S/C9H14N2.2C8H13N3/c1-7(2)11-5-8-3-4-10-9(8)6-11;1-6(2)11-3-7-8(4-11)10-5-9-7;1-6(2)11-4-7-3-9-10-8(7)5-11/h3-4,7,10H,5-6H2,1-2H3;5-6H,3-4H2,1-2H3,(H,9,10);3,6H,4-5H2,1-2H3,(H,9,10). The summed E-state index contributed by atoms with van der Waals surface area (Å²) in [5, 5.41) is 7.00. The van der Waals surface area contributed by atoms with E-state index < -0.39 is 0 Å². The predicted molar refractivity (Wildman–Crippen MR) is 131 cm³/mol. The van der Waals surface area contributed by atoms with Crippen molar-refractivity contribution in [3.05, 3.63) is 58.7 Å². The molecule has 0 aliphatic carbocycles. The van der Waals surface area contributed by atoms with E-state index in [0.29, 0.717) is 18.1 Å². The highest BCUT2D eigenvalue weighted by Gasteiger charge is 2.23. The average Bonchev–Trinajstić information content (AvgIpc) is 3.55. The van der Waals surface area contributed by atoms with Crippen molar-refractivity contribution < 1.29 is 0 Å². The van der Waals surface area contributed by atoms with Crippen molar-refractivity contribution in [2.75, 3.05) is 0 Å². The summed E-state index contributed by atoms with van der Waals surface area (Å²) < 4.78 is 0. The molecule has 0 saturated carbocycles. The first-order valence-corrected chi connectivity index (χ1v) is 12.2. The third kappa shape index (κ3) is 5.57. The van der Waals surface area contributed by atoms with Crippen LogP contribution in [0, 0.1) is 0 Å². The maximum absolute atomic E-state index is 4.23. The molecule has 33 heavy (non-hydrogen) atoms. The van der Waals surface area contributed by atoms with Crippen LogP contribution in [0.5, 0.6) is 0 Å². The molecule has 0 saturated heterocycles. The van der Waals surface area contributed by atoms with Crippen LogP contribution < -0.4 is 0 Å². The first-order valence-electron chi connectivity index (χ1n) is 12.2. The van der Waals surface area contributed by atoms with Gasteiger partial charge in [-0.25, -0.2) is 4.98 Å². The van der Waals surface area contributed by atoms with Crippen LogP contribution in [0.2, 0.25) is 0 Å². The van der Waals surface area contributed by atoms with Gasteiger partial charge < -0.3 is 9.97 Å². The lowest BCUT2D eigenvalue weighted by Gasteiger charge is -2.18. The Morgan fingerprint density at radius 3 is 1.91 bits per heavy atom. The van der Waals surface area contributed by atoms with Gasteiger partial charge in [-0.3, -0.25) is 19.8 Å². The summed E-state index contributed by atoms with van der Waals surface area (Å²) >= 11 is 0. The van der Waals surface area contributed by atoms with Crippen LogP contribution in [0.1, 0.15) is 75.4 Å². The Labute approximate surface area is 197 Å². The topological polar surface area (TPSA) is 82.9 Å². The van der Waals surface area contributed by atoms with E-state index >= 15 is 0 Å². The second-order valence-electron chi connectivity index (χ2n) is 10.2. The molecular formula is C25H40N8. The fourth-order valence-electron chi connectivity index (χ4n) is 4.47. The Morgan fingerprint density at radius 1 is 0.697 bits per heavy atom. The number of H-pyrrole nitrogens is 3. The molecule has 0 bridgehead atoms. The average molecular weight is 453 g/mol. The van der Waals surface area contributed by atoms with Crippen LogP contribution in [0.3, 0.4) is 0 Å². The first-order chi connectivity index (χ1) is 15.8. The number of nitrogens with zero attached hydrogens (tertiary/aromatic N) is 5. The highest BCUT2D eigenvalue weighted by Crippen LogP contribution is 2.23. The molecule has 6 rings (SSSR count). The van der Waals surface area contributed by atoms with E-state index in [0.717, 1.165) is 39.3 Å². The summed E-state index contributed by atoms with van der Waals surface area (Å²) in [4.78, 5) is 17.9. The Hall–Kier alpha value is -2.42. The predicted octanol–water partition coefficient (Wildman–Crippen LogP) is 4.01. The molecule has 0 unspecified atom stereocenters. The minimum absolute atomic E-state index is 0.623. The van der Waals surface area contributed by atoms with Crippen LogP contribution in [0.25, 0.3) is 0 Å². The monoisotopic (exact) mass is 452 g/mol. The van der Waals surface area contributed by atoms with Gasteiger partial charge in [0.2, 0.25) is 0 Å². The zero-order valence-electron chi connectivity index (χ0n) is 21.0. The van der Waals surface area contributed by atoms with Gasteiger partial charge in [-0.05, 0) is 53.2 Å². The van der Waals surface area contributed by atoms with Crippen molar-refractivity contribution in [2.45, 2.75) is 98.9 Å². The molecule has 8 nitrogen and oxygen atoms in total. The minimum Gasteiger partial charge on any atom is -0.364 e. The summed E-state index contributed by atoms with van der Waals surface area (Å²) in [5.41, 5.74) is 8.03. The molecule has 0 spiro atoms. The lowest BCUT2D eigenvalue weighted by Crippen LogP contribution is -2.24. The van der Waals surface area contributed by atoms with Crippen molar-refractivity contribution in [1.29, 1.82) is 0 Å². The van der Waals surface area contributed by atoms with Crippen molar-refractivity contribution >= 4 is 0 Å². The zero-order chi connectivity index (χ0) is 23.5. The fourth-order valence-corrected chi connectivity index (χ4v) is 4.47. The second kappa shape index (κ2) is 10.2.